The number of rotatable bonds is 5. The molecule has 0 saturated heterocycles. The minimum absolute atomic E-state index is 0.149. The van der Waals surface area contributed by atoms with E-state index in [2.05, 4.69) is 10.4 Å². The van der Waals surface area contributed by atoms with E-state index in [0.29, 0.717) is 14.0 Å². The van der Waals surface area contributed by atoms with Gasteiger partial charge in [0, 0.05) is 0 Å². The number of halogens is 4. The first-order valence-corrected chi connectivity index (χ1v) is 9.48. The highest BCUT2D eigenvalue weighted by molar-refractivity contribution is 8.01. The number of benzene rings is 2. The van der Waals surface area contributed by atoms with Crippen molar-refractivity contribution in [3.05, 3.63) is 63.6 Å². The highest BCUT2D eigenvalue weighted by Crippen LogP contribution is 2.25. The number of nitrogens with zero attached hydrogens (tertiary/aromatic N) is 2. The van der Waals surface area contributed by atoms with E-state index in [4.69, 9.17) is 12.2 Å². The van der Waals surface area contributed by atoms with Crippen LogP contribution in [0.4, 0.5) is 23.2 Å². The van der Waals surface area contributed by atoms with Gasteiger partial charge in [0.05, 0.1) is 17.1 Å². The largest absolute Gasteiger partial charge is 0.323 e. The quantitative estimate of drug-likeness (QED) is 0.269. The van der Waals surface area contributed by atoms with Crippen LogP contribution in [0, 0.1) is 27.2 Å². The molecule has 0 radical (unpaired) electrons. The summed E-state index contributed by atoms with van der Waals surface area (Å²) in [5.41, 5.74) is 0.113. The monoisotopic (exact) mass is 431 g/mol. The van der Waals surface area contributed by atoms with E-state index in [0.717, 1.165) is 35.2 Å². The van der Waals surface area contributed by atoms with Crippen molar-refractivity contribution in [3.63, 3.8) is 0 Å². The van der Waals surface area contributed by atoms with Crippen molar-refractivity contribution < 1.29 is 22.4 Å². The lowest BCUT2D eigenvalue weighted by Gasteiger charge is -2.06. The fourth-order valence-electron chi connectivity index (χ4n) is 2.00. The van der Waals surface area contributed by atoms with Gasteiger partial charge >= 0.3 is 0 Å². The molecule has 0 aliphatic carbocycles. The van der Waals surface area contributed by atoms with E-state index in [9.17, 15) is 22.4 Å². The Kier molecular flexibility index (Phi) is 5.92. The van der Waals surface area contributed by atoms with E-state index in [-0.39, 0.29) is 5.75 Å². The summed E-state index contributed by atoms with van der Waals surface area (Å²) in [6.45, 7) is 0. The first-order chi connectivity index (χ1) is 12.8. The van der Waals surface area contributed by atoms with Crippen LogP contribution in [0.2, 0.25) is 0 Å². The average molecular weight is 431 g/mol. The predicted molar refractivity (Wildman–Crippen MR) is 97.9 cm³/mol. The second kappa shape index (κ2) is 8.19. The first kappa shape index (κ1) is 19.5. The molecule has 0 fully saturated rings. The zero-order valence-electron chi connectivity index (χ0n) is 13.2. The molecule has 0 spiro atoms. The SMILES string of the molecule is O=C(CSc1nn(-c2ccc(F)cc2)c(=S)s1)Nc1ccc(F)c(F)c1F. The molecule has 1 heterocycles. The zero-order valence-corrected chi connectivity index (χ0v) is 15.7. The van der Waals surface area contributed by atoms with Gasteiger partial charge in [-0.1, -0.05) is 23.1 Å². The van der Waals surface area contributed by atoms with Gasteiger partial charge < -0.3 is 5.32 Å². The third-order valence-corrected chi connectivity index (χ3v) is 5.60. The van der Waals surface area contributed by atoms with Gasteiger partial charge in [-0.2, -0.15) is 0 Å². The fraction of sp³-hybridized carbons (Fsp3) is 0.0625. The van der Waals surface area contributed by atoms with E-state index < -0.39 is 34.9 Å². The van der Waals surface area contributed by atoms with Gasteiger partial charge in [-0.15, -0.1) is 5.10 Å². The summed E-state index contributed by atoms with van der Waals surface area (Å²) in [5, 5.41) is 6.41. The summed E-state index contributed by atoms with van der Waals surface area (Å²) in [4.78, 5) is 11.9. The lowest BCUT2D eigenvalue weighted by molar-refractivity contribution is -0.113. The summed E-state index contributed by atoms with van der Waals surface area (Å²) >= 11 is 7.38. The van der Waals surface area contributed by atoms with Crippen molar-refractivity contribution in [2.24, 2.45) is 0 Å². The maximum Gasteiger partial charge on any atom is 0.234 e. The van der Waals surface area contributed by atoms with Crippen molar-refractivity contribution in [2.75, 3.05) is 11.1 Å². The molecule has 3 aromatic rings. The Labute approximate surface area is 163 Å². The lowest BCUT2D eigenvalue weighted by atomic mass is 10.3. The number of nitrogens with one attached hydrogen (secondary N) is 1. The summed E-state index contributed by atoms with van der Waals surface area (Å²) in [6, 6.07) is 7.22. The molecule has 2 aromatic carbocycles. The number of amides is 1. The van der Waals surface area contributed by atoms with Gasteiger partial charge in [-0.25, -0.2) is 22.2 Å². The number of aromatic nitrogens is 2. The normalized spacial score (nSPS) is 10.8. The number of hydrogen-bond donors (Lipinski definition) is 1. The third kappa shape index (κ3) is 4.54. The Morgan fingerprint density at radius 2 is 1.81 bits per heavy atom. The predicted octanol–water partition coefficient (Wildman–Crippen LogP) is 4.95. The Hall–Kier alpha value is -2.24. The number of carbonyl (C=O) groups excluding carboxylic acids is 1. The first-order valence-electron chi connectivity index (χ1n) is 7.27. The molecule has 1 amide bonds. The average Bonchev–Trinajstić information content (AvgIpc) is 3.02. The van der Waals surface area contributed by atoms with Gasteiger partial charge in [0.15, 0.2) is 25.7 Å². The lowest BCUT2D eigenvalue weighted by Crippen LogP contribution is -2.15. The van der Waals surface area contributed by atoms with Gasteiger partial charge in [0.2, 0.25) is 5.91 Å². The molecule has 27 heavy (non-hydrogen) atoms. The molecule has 3 rings (SSSR count). The maximum absolute atomic E-state index is 13.6. The Morgan fingerprint density at radius 1 is 1.11 bits per heavy atom. The third-order valence-electron chi connectivity index (χ3n) is 3.24. The maximum atomic E-state index is 13.6. The van der Waals surface area contributed by atoms with Crippen molar-refractivity contribution in [2.45, 2.75) is 4.34 Å². The smallest absolute Gasteiger partial charge is 0.234 e. The molecule has 0 aliphatic heterocycles. The Bertz CT molecular complexity index is 1050. The van der Waals surface area contributed by atoms with Crippen molar-refractivity contribution >= 4 is 46.9 Å². The van der Waals surface area contributed by atoms with Gasteiger partial charge in [0.25, 0.3) is 0 Å². The molecule has 0 bridgehead atoms. The minimum Gasteiger partial charge on any atom is -0.323 e. The highest BCUT2D eigenvalue weighted by atomic mass is 32.2. The van der Waals surface area contributed by atoms with Gasteiger partial charge in [0.1, 0.15) is 5.82 Å². The molecule has 0 saturated carbocycles. The zero-order chi connectivity index (χ0) is 19.6. The molecule has 11 heteroatoms. The number of carbonyl (C=O) groups is 1. The van der Waals surface area contributed by atoms with Crippen LogP contribution in [0.25, 0.3) is 5.69 Å². The van der Waals surface area contributed by atoms with Crippen LogP contribution in [-0.4, -0.2) is 21.4 Å². The number of thioether (sulfide) groups is 1. The highest BCUT2D eigenvalue weighted by Gasteiger charge is 2.16. The fourth-order valence-corrected chi connectivity index (χ4v) is 4.16. The van der Waals surface area contributed by atoms with Crippen molar-refractivity contribution in [1.82, 2.24) is 9.78 Å². The van der Waals surface area contributed by atoms with Crippen LogP contribution >= 0.6 is 35.3 Å². The van der Waals surface area contributed by atoms with Crippen molar-refractivity contribution in [3.8, 4) is 5.69 Å². The number of anilines is 1. The van der Waals surface area contributed by atoms with Gasteiger partial charge in [-0.3, -0.25) is 4.79 Å². The summed E-state index contributed by atoms with van der Waals surface area (Å²) in [7, 11) is 0. The van der Waals surface area contributed by atoms with E-state index in [1.807, 2.05) is 0 Å². The van der Waals surface area contributed by atoms with Crippen molar-refractivity contribution in [1.29, 1.82) is 0 Å². The molecule has 0 aliphatic rings. The molecule has 140 valence electrons. The second-order valence-corrected chi connectivity index (χ2v) is 7.93. The molecule has 4 nitrogen and oxygen atoms in total. The standard InChI is InChI=1S/C16H9F4N3OS3/c17-8-1-3-9(4-2-8)23-16(25)27-15(22-23)26-7-12(24)21-11-6-5-10(18)13(19)14(11)20/h1-6H,7H2,(H,21,24). The molecular formula is C16H9F4N3OS3. The Balaban J connectivity index is 1.66. The second-order valence-electron chi connectivity index (χ2n) is 5.08. The molecule has 0 unspecified atom stereocenters. The van der Waals surface area contributed by atoms with E-state index in [1.54, 1.807) is 0 Å². The van der Waals surface area contributed by atoms with E-state index >= 15 is 0 Å². The molecular weight excluding hydrogens is 422 g/mol. The summed E-state index contributed by atoms with van der Waals surface area (Å²) in [5.74, 6) is -5.63. The summed E-state index contributed by atoms with van der Waals surface area (Å²) < 4.78 is 54.9. The topological polar surface area (TPSA) is 46.9 Å². The molecule has 1 N–H and O–H groups in total. The van der Waals surface area contributed by atoms with Crippen LogP contribution < -0.4 is 5.32 Å². The molecule has 1 aromatic heterocycles. The van der Waals surface area contributed by atoms with Crippen LogP contribution in [-0.2, 0) is 4.79 Å². The van der Waals surface area contributed by atoms with Crippen LogP contribution in [0.3, 0.4) is 0 Å². The molecule has 0 atom stereocenters. The van der Waals surface area contributed by atoms with Crippen LogP contribution in [0.5, 0.6) is 0 Å². The van der Waals surface area contributed by atoms with Gasteiger partial charge in [-0.05, 0) is 48.6 Å². The summed E-state index contributed by atoms with van der Waals surface area (Å²) in [6.07, 6.45) is 0. The van der Waals surface area contributed by atoms with Crippen LogP contribution in [0.1, 0.15) is 0 Å². The van der Waals surface area contributed by atoms with E-state index in [1.165, 1.54) is 28.9 Å². The van der Waals surface area contributed by atoms with Crippen LogP contribution in [0.15, 0.2) is 40.7 Å². The Morgan fingerprint density at radius 3 is 2.52 bits per heavy atom. The minimum atomic E-state index is -1.66. The number of hydrogen-bond acceptors (Lipinski definition) is 5.